The molecule has 0 aromatic carbocycles. The second-order valence-corrected chi connectivity index (χ2v) is 2.07. The van der Waals surface area contributed by atoms with E-state index in [9.17, 15) is 4.79 Å². The summed E-state index contributed by atoms with van der Waals surface area (Å²) in [4.78, 5) is 14.4. The van der Waals surface area contributed by atoms with Crippen molar-refractivity contribution in [1.82, 2.24) is 9.55 Å². The quantitative estimate of drug-likeness (QED) is 0.530. The van der Waals surface area contributed by atoms with Crippen LogP contribution in [-0.4, -0.2) is 15.6 Å². The maximum absolute atomic E-state index is 10.6. The van der Waals surface area contributed by atoms with Crippen LogP contribution in [0.4, 0.5) is 4.79 Å². The van der Waals surface area contributed by atoms with Gasteiger partial charge in [0.15, 0.2) is 5.49 Å². The van der Waals surface area contributed by atoms with Gasteiger partial charge in [0.25, 0.3) is 0 Å². The molecule has 1 amide bonds. The van der Waals surface area contributed by atoms with Crippen molar-refractivity contribution in [2.75, 3.05) is 0 Å². The number of amides is 1. The lowest BCUT2D eigenvalue weighted by Crippen LogP contribution is -2.32. The highest BCUT2D eigenvalue weighted by Crippen LogP contribution is 1.80. The summed E-state index contributed by atoms with van der Waals surface area (Å²) in [6, 6.07) is -0.666. The molecule has 0 saturated heterocycles. The molecule has 11 heavy (non-hydrogen) atoms. The van der Waals surface area contributed by atoms with Gasteiger partial charge in [-0.05, 0) is 6.92 Å². The zero-order chi connectivity index (χ0) is 8.43. The molecule has 5 heteroatoms. The van der Waals surface area contributed by atoms with Crippen molar-refractivity contribution >= 4 is 6.03 Å². The van der Waals surface area contributed by atoms with Gasteiger partial charge in [-0.1, -0.05) is 0 Å². The van der Waals surface area contributed by atoms with Crippen LogP contribution in [0.1, 0.15) is 5.69 Å². The third-order valence-corrected chi connectivity index (χ3v) is 1.30. The van der Waals surface area contributed by atoms with E-state index in [1.807, 2.05) is 0 Å². The molecule has 0 bridgehead atoms. The van der Waals surface area contributed by atoms with E-state index in [1.165, 1.54) is 12.4 Å². The highest BCUT2D eigenvalue weighted by Gasteiger charge is 1.99. The van der Waals surface area contributed by atoms with Crippen molar-refractivity contribution < 1.29 is 4.79 Å². The number of carbonyl (C=O) groups excluding carboxylic acids is 1. The van der Waals surface area contributed by atoms with E-state index in [2.05, 4.69) is 4.98 Å². The van der Waals surface area contributed by atoms with Crippen LogP contribution in [0, 0.1) is 12.3 Å². The van der Waals surface area contributed by atoms with Crippen LogP contribution in [0.25, 0.3) is 0 Å². The lowest BCUT2D eigenvalue weighted by molar-refractivity contribution is 0.249. The molecule has 1 heterocycles. The number of nitrogens with zero attached hydrogens (tertiary/aromatic N) is 2. The molecule has 5 nitrogen and oxygen atoms in total. The van der Waals surface area contributed by atoms with Crippen LogP contribution >= 0.6 is 0 Å². The first-order valence-electron chi connectivity index (χ1n) is 3.01. The Morgan fingerprint density at radius 1 is 1.82 bits per heavy atom. The molecule has 1 aromatic rings. The van der Waals surface area contributed by atoms with Crippen molar-refractivity contribution in [2.45, 2.75) is 6.92 Å². The van der Waals surface area contributed by atoms with Gasteiger partial charge in [0.1, 0.15) is 0 Å². The first kappa shape index (κ1) is 7.46. The second kappa shape index (κ2) is 2.53. The Labute approximate surface area is 63.0 Å². The number of hydrogen-bond donors (Lipinski definition) is 2. The van der Waals surface area contributed by atoms with Gasteiger partial charge >= 0.3 is 6.03 Å². The third-order valence-electron chi connectivity index (χ3n) is 1.30. The minimum Gasteiger partial charge on any atom is -0.351 e. The van der Waals surface area contributed by atoms with Gasteiger partial charge in [-0.25, -0.2) is 4.79 Å². The van der Waals surface area contributed by atoms with Crippen molar-refractivity contribution in [3.05, 3.63) is 23.6 Å². The molecule has 0 aliphatic rings. The fraction of sp³-hybridized carbons (Fsp3) is 0.167. The van der Waals surface area contributed by atoms with Gasteiger partial charge in [0.2, 0.25) is 0 Å². The number of carbonyl (C=O) groups is 1. The van der Waals surface area contributed by atoms with Crippen LogP contribution in [0.5, 0.6) is 0 Å². The number of primary amides is 1. The monoisotopic (exact) mass is 152 g/mol. The van der Waals surface area contributed by atoms with Crippen LogP contribution in [0.15, 0.2) is 12.4 Å². The molecule has 0 saturated carbocycles. The summed E-state index contributed by atoms with van der Waals surface area (Å²) in [5, 5.41) is 7.33. The van der Waals surface area contributed by atoms with E-state index in [1.54, 1.807) is 6.92 Å². The molecule has 58 valence electrons. The molecule has 1 rings (SSSR count). The largest absolute Gasteiger partial charge is 0.351 e. The van der Waals surface area contributed by atoms with Crippen molar-refractivity contribution in [3.8, 4) is 0 Å². The van der Waals surface area contributed by atoms with Gasteiger partial charge in [-0.3, -0.25) is 15.0 Å². The lowest BCUT2D eigenvalue weighted by atomic mass is 10.5. The van der Waals surface area contributed by atoms with Crippen molar-refractivity contribution in [3.63, 3.8) is 0 Å². The first-order chi connectivity index (χ1) is 5.13. The Hall–Kier alpha value is -1.65. The molecule has 3 N–H and O–H groups in total. The Bertz CT molecular complexity index is 341. The topological polar surface area (TPSA) is 84.8 Å². The van der Waals surface area contributed by atoms with Crippen LogP contribution in [0.2, 0.25) is 0 Å². The Kier molecular flexibility index (Phi) is 1.72. The summed E-state index contributed by atoms with van der Waals surface area (Å²) in [5.41, 5.74) is 5.47. The normalized spacial score (nSPS) is 9.55. The molecule has 1 aromatic heterocycles. The Morgan fingerprint density at radius 2 is 2.45 bits per heavy atom. The van der Waals surface area contributed by atoms with E-state index < -0.39 is 6.03 Å². The SMILES string of the molecule is Cc1nccn(C(N)=O)c1=N. The van der Waals surface area contributed by atoms with E-state index in [0.29, 0.717) is 5.69 Å². The first-order valence-corrected chi connectivity index (χ1v) is 3.01. The standard InChI is InChI=1S/C6H8N4O/c1-4-5(7)10(6(8)11)3-2-9-4/h2-3,7H,1H3,(H2,8,11). The summed E-state index contributed by atoms with van der Waals surface area (Å²) < 4.78 is 1.03. The van der Waals surface area contributed by atoms with Gasteiger partial charge < -0.3 is 5.73 Å². The van der Waals surface area contributed by atoms with Crippen LogP contribution in [-0.2, 0) is 0 Å². The number of rotatable bonds is 0. The molecule has 0 spiro atoms. The zero-order valence-corrected chi connectivity index (χ0v) is 6.03. The molecule has 0 aliphatic heterocycles. The zero-order valence-electron chi connectivity index (χ0n) is 6.03. The number of aromatic nitrogens is 2. The minimum atomic E-state index is -0.666. The van der Waals surface area contributed by atoms with E-state index in [4.69, 9.17) is 11.1 Å². The summed E-state index contributed by atoms with van der Waals surface area (Å²) in [5.74, 6) is 0. The van der Waals surface area contributed by atoms with E-state index in [0.717, 1.165) is 4.57 Å². The van der Waals surface area contributed by atoms with Gasteiger partial charge in [-0.15, -0.1) is 0 Å². The molecule has 0 unspecified atom stereocenters. The molecule has 0 radical (unpaired) electrons. The highest BCUT2D eigenvalue weighted by molar-refractivity contribution is 5.74. The van der Waals surface area contributed by atoms with Gasteiger partial charge in [-0.2, -0.15) is 0 Å². The Balaban J connectivity index is 3.40. The van der Waals surface area contributed by atoms with Crippen molar-refractivity contribution in [2.24, 2.45) is 5.73 Å². The predicted molar refractivity (Wildman–Crippen MR) is 37.8 cm³/mol. The Morgan fingerprint density at radius 3 is 2.91 bits per heavy atom. The third kappa shape index (κ3) is 1.26. The molecular weight excluding hydrogens is 144 g/mol. The number of nitrogens with one attached hydrogen (secondary N) is 1. The number of nitrogens with two attached hydrogens (primary N) is 1. The van der Waals surface area contributed by atoms with Gasteiger partial charge in [0, 0.05) is 12.4 Å². The summed E-state index contributed by atoms with van der Waals surface area (Å²) >= 11 is 0. The summed E-state index contributed by atoms with van der Waals surface area (Å²) in [7, 11) is 0. The average Bonchev–Trinajstić information content (AvgIpc) is 1.94. The predicted octanol–water partition coefficient (Wildman–Crippen LogP) is -0.402. The maximum atomic E-state index is 10.6. The maximum Gasteiger partial charge on any atom is 0.324 e. The fourth-order valence-corrected chi connectivity index (χ4v) is 0.705. The second-order valence-electron chi connectivity index (χ2n) is 2.07. The van der Waals surface area contributed by atoms with Crippen LogP contribution < -0.4 is 11.2 Å². The lowest BCUT2D eigenvalue weighted by Gasteiger charge is -2.00. The smallest absolute Gasteiger partial charge is 0.324 e. The van der Waals surface area contributed by atoms with Crippen LogP contribution in [0.3, 0.4) is 0 Å². The number of hydrogen-bond acceptors (Lipinski definition) is 3. The van der Waals surface area contributed by atoms with Gasteiger partial charge in [0.05, 0.1) is 5.69 Å². The van der Waals surface area contributed by atoms with Crippen molar-refractivity contribution in [1.29, 1.82) is 5.41 Å². The molecule has 0 atom stereocenters. The molecular formula is C6H8N4O. The summed E-state index contributed by atoms with van der Waals surface area (Å²) in [6.07, 6.45) is 2.79. The fourth-order valence-electron chi connectivity index (χ4n) is 0.705. The minimum absolute atomic E-state index is 0.0278. The summed E-state index contributed by atoms with van der Waals surface area (Å²) in [6.45, 7) is 1.64. The average molecular weight is 152 g/mol. The molecule has 0 fully saturated rings. The van der Waals surface area contributed by atoms with E-state index >= 15 is 0 Å². The van der Waals surface area contributed by atoms with E-state index in [-0.39, 0.29) is 5.49 Å². The highest BCUT2D eigenvalue weighted by atomic mass is 16.2. The molecule has 0 aliphatic carbocycles. The number of aryl methyl sites for hydroxylation is 1.